The van der Waals surface area contributed by atoms with Crippen LogP contribution in [0.4, 0.5) is 5.82 Å². The van der Waals surface area contributed by atoms with Gasteiger partial charge < -0.3 is 14.4 Å². The van der Waals surface area contributed by atoms with E-state index in [0.717, 1.165) is 33.9 Å². The summed E-state index contributed by atoms with van der Waals surface area (Å²) in [4.78, 5) is 15.8. The zero-order chi connectivity index (χ0) is 19.8. The van der Waals surface area contributed by atoms with E-state index >= 15 is 0 Å². The summed E-state index contributed by atoms with van der Waals surface area (Å²) in [5.74, 6) is 2.95. The van der Waals surface area contributed by atoms with Gasteiger partial charge in [0.1, 0.15) is 12.4 Å². The van der Waals surface area contributed by atoms with Gasteiger partial charge in [-0.2, -0.15) is 5.10 Å². The number of likely N-dealkylation sites (N-methyl/N-ethyl adjacent to an activating group) is 1. The van der Waals surface area contributed by atoms with Gasteiger partial charge in [0.05, 0.1) is 18.1 Å². The Bertz CT molecular complexity index is 1160. The Morgan fingerprint density at radius 3 is 2.79 bits per heavy atom. The third-order valence-corrected chi connectivity index (χ3v) is 4.90. The number of ether oxygens (including phenoxy) is 2. The van der Waals surface area contributed by atoms with E-state index in [-0.39, 0.29) is 6.10 Å². The molecule has 0 fully saturated rings. The molecule has 0 amide bonds. The Labute approximate surface area is 167 Å². The predicted molar refractivity (Wildman–Crippen MR) is 109 cm³/mol. The van der Waals surface area contributed by atoms with Crippen molar-refractivity contribution in [3.63, 3.8) is 0 Å². The molecular formula is C21H20N6O2. The molecule has 0 N–H and O–H groups in total. The first-order valence-electron chi connectivity index (χ1n) is 9.39. The van der Waals surface area contributed by atoms with Crippen LogP contribution in [0.1, 0.15) is 0 Å². The third kappa shape index (κ3) is 3.22. The highest BCUT2D eigenvalue weighted by Gasteiger charge is 2.24. The standard InChI is InChI=1S/C21H20N6O2/c1-26(12-15-13-28-17-7-3-4-8-18(17)29-15)20-16-11-23-27(2)21(16)25-19(24-20)14-6-5-9-22-10-14/h3-11,15H,12-13H2,1-2H3/t15-/m0/s1. The monoisotopic (exact) mass is 388 g/mol. The lowest BCUT2D eigenvalue weighted by atomic mass is 10.2. The quantitative estimate of drug-likeness (QED) is 0.532. The molecule has 0 spiro atoms. The van der Waals surface area contributed by atoms with Crippen molar-refractivity contribution in [2.24, 2.45) is 7.05 Å². The Balaban J connectivity index is 1.48. The first-order valence-corrected chi connectivity index (χ1v) is 9.39. The molecule has 8 nitrogen and oxygen atoms in total. The normalized spacial score (nSPS) is 15.4. The molecule has 5 rings (SSSR count). The van der Waals surface area contributed by atoms with Gasteiger partial charge in [0, 0.05) is 32.1 Å². The van der Waals surface area contributed by atoms with Crippen LogP contribution in [0.5, 0.6) is 11.5 Å². The molecule has 0 bridgehead atoms. The Morgan fingerprint density at radius 1 is 1.10 bits per heavy atom. The van der Waals surface area contributed by atoms with Crippen molar-refractivity contribution in [2.75, 3.05) is 25.1 Å². The molecule has 0 aliphatic carbocycles. The van der Waals surface area contributed by atoms with Crippen LogP contribution in [0.25, 0.3) is 22.4 Å². The number of benzene rings is 1. The van der Waals surface area contributed by atoms with Gasteiger partial charge in [-0.15, -0.1) is 0 Å². The van der Waals surface area contributed by atoms with Gasteiger partial charge in [-0.05, 0) is 24.3 Å². The van der Waals surface area contributed by atoms with E-state index in [9.17, 15) is 0 Å². The van der Waals surface area contributed by atoms with Crippen LogP contribution in [0.3, 0.4) is 0 Å². The topological polar surface area (TPSA) is 78.2 Å². The number of rotatable bonds is 4. The zero-order valence-electron chi connectivity index (χ0n) is 16.2. The second-order valence-electron chi connectivity index (χ2n) is 7.00. The molecule has 4 heterocycles. The molecule has 146 valence electrons. The zero-order valence-corrected chi connectivity index (χ0v) is 16.2. The maximum atomic E-state index is 6.12. The van der Waals surface area contributed by atoms with Crippen molar-refractivity contribution in [1.29, 1.82) is 0 Å². The molecule has 0 radical (unpaired) electrons. The maximum Gasteiger partial charge on any atom is 0.165 e. The summed E-state index contributed by atoms with van der Waals surface area (Å²) < 4.78 is 13.7. The lowest BCUT2D eigenvalue weighted by Crippen LogP contribution is -2.39. The van der Waals surface area contributed by atoms with E-state index in [1.54, 1.807) is 23.3 Å². The number of fused-ring (bicyclic) bond motifs is 2. The van der Waals surface area contributed by atoms with Crippen LogP contribution >= 0.6 is 0 Å². The van der Waals surface area contributed by atoms with Gasteiger partial charge in [0.15, 0.2) is 29.1 Å². The molecule has 1 atom stereocenters. The lowest BCUT2D eigenvalue weighted by Gasteiger charge is -2.30. The number of nitrogens with zero attached hydrogens (tertiary/aromatic N) is 6. The maximum absolute atomic E-state index is 6.12. The van der Waals surface area contributed by atoms with Crippen LogP contribution in [-0.4, -0.2) is 51.0 Å². The van der Waals surface area contributed by atoms with E-state index in [1.807, 2.05) is 50.5 Å². The van der Waals surface area contributed by atoms with Crippen LogP contribution in [0.15, 0.2) is 55.0 Å². The van der Waals surface area contributed by atoms with E-state index in [2.05, 4.69) is 15.0 Å². The molecule has 29 heavy (non-hydrogen) atoms. The van der Waals surface area contributed by atoms with Crippen molar-refractivity contribution < 1.29 is 9.47 Å². The first kappa shape index (κ1) is 17.4. The van der Waals surface area contributed by atoms with Gasteiger partial charge in [-0.1, -0.05) is 12.1 Å². The Hall–Kier alpha value is -3.68. The van der Waals surface area contributed by atoms with Crippen molar-refractivity contribution in [3.05, 3.63) is 55.0 Å². The number of aromatic nitrogens is 5. The van der Waals surface area contributed by atoms with Crippen LogP contribution in [0, 0.1) is 0 Å². The molecule has 4 aromatic rings. The summed E-state index contributed by atoms with van der Waals surface area (Å²) in [5.41, 5.74) is 1.63. The molecule has 1 aliphatic heterocycles. The Kier molecular flexibility index (Phi) is 4.23. The van der Waals surface area contributed by atoms with Crippen molar-refractivity contribution in [3.8, 4) is 22.9 Å². The fourth-order valence-corrected chi connectivity index (χ4v) is 3.47. The highest BCUT2D eigenvalue weighted by atomic mass is 16.6. The minimum atomic E-state index is -0.113. The van der Waals surface area contributed by atoms with Gasteiger partial charge >= 0.3 is 0 Å². The summed E-state index contributed by atoms with van der Waals surface area (Å²) in [7, 11) is 3.87. The summed E-state index contributed by atoms with van der Waals surface area (Å²) in [5, 5.41) is 5.25. The van der Waals surface area contributed by atoms with Gasteiger partial charge in [0.2, 0.25) is 0 Å². The fourth-order valence-electron chi connectivity index (χ4n) is 3.47. The highest BCUT2D eigenvalue weighted by molar-refractivity contribution is 5.88. The number of anilines is 1. The van der Waals surface area contributed by atoms with Gasteiger partial charge in [0.25, 0.3) is 0 Å². The largest absolute Gasteiger partial charge is 0.486 e. The van der Waals surface area contributed by atoms with Crippen LogP contribution in [0.2, 0.25) is 0 Å². The number of aryl methyl sites for hydroxylation is 1. The minimum absolute atomic E-state index is 0.113. The molecule has 0 saturated carbocycles. The fraction of sp³-hybridized carbons (Fsp3) is 0.238. The number of para-hydroxylation sites is 2. The first-order chi connectivity index (χ1) is 14.2. The highest BCUT2D eigenvalue weighted by Crippen LogP contribution is 2.32. The third-order valence-electron chi connectivity index (χ3n) is 4.90. The molecule has 1 aromatic carbocycles. The van der Waals surface area contributed by atoms with Crippen molar-refractivity contribution in [2.45, 2.75) is 6.10 Å². The van der Waals surface area contributed by atoms with Crippen LogP contribution < -0.4 is 14.4 Å². The molecule has 0 unspecified atom stereocenters. The van der Waals surface area contributed by atoms with E-state index in [0.29, 0.717) is 19.0 Å². The summed E-state index contributed by atoms with van der Waals surface area (Å²) >= 11 is 0. The number of hydrogen-bond acceptors (Lipinski definition) is 7. The van der Waals surface area contributed by atoms with E-state index in [4.69, 9.17) is 19.4 Å². The Morgan fingerprint density at radius 2 is 1.97 bits per heavy atom. The van der Waals surface area contributed by atoms with Crippen molar-refractivity contribution in [1.82, 2.24) is 24.7 Å². The smallest absolute Gasteiger partial charge is 0.165 e. The predicted octanol–water partition coefficient (Wildman–Crippen LogP) is 2.70. The van der Waals surface area contributed by atoms with Crippen molar-refractivity contribution >= 4 is 16.9 Å². The van der Waals surface area contributed by atoms with Crippen LogP contribution in [-0.2, 0) is 7.05 Å². The lowest BCUT2D eigenvalue weighted by molar-refractivity contribution is 0.0960. The summed E-state index contributed by atoms with van der Waals surface area (Å²) in [6.45, 7) is 1.10. The SMILES string of the molecule is CN(C[C@H]1COc2ccccc2O1)c1nc(-c2cccnc2)nc2c1cnn2C. The summed E-state index contributed by atoms with van der Waals surface area (Å²) in [6, 6.07) is 11.5. The molecule has 1 aliphatic rings. The summed E-state index contributed by atoms with van der Waals surface area (Å²) in [6.07, 6.45) is 5.17. The van der Waals surface area contributed by atoms with Gasteiger partial charge in [-0.3, -0.25) is 9.67 Å². The number of hydrogen-bond donors (Lipinski definition) is 0. The average Bonchev–Trinajstić information content (AvgIpc) is 3.14. The molecule has 0 saturated heterocycles. The molecular weight excluding hydrogens is 368 g/mol. The number of pyridine rings is 1. The van der Waals surface area contributed by atoms with E-state index in [1.165, 1.54) is 0 Å². The minimum Gasteiger partial charge on any atom is -0.486 e. The van der Waals surface area contributed by atoms with Gasteiger partial charge in [-0.25, -0.2) is 9.97 Å². The van der Waals surface area contributed by atoms with E-state index < -0.39 is 0 Å². The molecule has 3 aromatic heterocycles. The second kappa shape index (κ2) is 7.05. The second-order valence-corrected chi connectivity index (χ2v) is 7.00. The average molecular weight is 388 g/mol. The molecule has 8 heteroatoms.